The summed E-state index contributed by atoms with van der Waals surface area (Å²) in [6, 6.07) is 14.9. The van der Waals surface area contributed by atoms with Crippen LogP contribution in [0.5, 0.6) is 11.5 Å². The molecule has 5 rings (SSSR count). The first-order valence-electron chi connectivity index (χ1n) is 11.6. The lowest BCUT2D eigenvalue weighted by atomic mass is 10.0. The minimum absolute atomic E-state index is 0.0920. The summed E-state index contributed by atoms with van der Waals surface area (Å²) in [5.74, 6) is 1.45. The minimum Gasteiger partial charge on any atom is -0.495 e. The smallest absolute Gasteiger partial charge is 0.262 e. The van der Waals surface area contributed by atoms with Crippen LogP contribution in [0.15, 0.2) is 48.7 Å². The van der Waals surface area contributed by atoms with Crippen LogP contribution in [0.25, 0.3) is 10.9 Å². The Balaban J connectivity index is 1.11. The number of hydrogen-bond donors (Lipinski definition) is 2. The Morgan fingerprint density at radius 1 is 1.21 bits per heavy atom. The van der Waals surface area contributed by atoms with Gasteiger partial charge in [-0.2, -0.15) is 0 Å². The third-order valence-corrected chi connectivity index (χ3v) is 6.58. The van der Waals surface area contributed by atoms with Crippen LogP contribution in [0.2, 0.25) is 0 Å². The van der Waals surface area contributed by atoms with Crippen molar-refractivity contribution in [2.75, 3.05) is 38.7 Å². The van der Waals surface area contributed by atoms with E-state index in [1.165, 1.54) is 10.9 Å². The van der Waals surface area contributed by atoms with Crippen molar-refractivity contribution in [2.24, 2.45) is 0 Å². The van der Waals surface area contributed by atoms with Crippen molar-refractivity contribution < 1.29 is 14.3 Å². The van der Waals surface area contributed by atoms with Gasteiger partial charge >= 0.3 is 0 Å². The fraction of sp³-hybridized carbons (Fsp3) is 0.385. The lowest BCUT2D eigenvalue weighted by Crippen LogP contribution is -2.42. The van der Waals surface area contributed by atoms with Gasteiger partial charge in [0.2, 0.25) is 0 Å². The average molecular weight is 447 g/mol. The summed E-state index contributed by atoms with van der Waals surface area (Å²) in [5.41, 5.74) is 4.26. The number of carbonyl (C=O) groups excluding carboxylic acids is 1. The number of amides is 1. The normalized spacial score (nSPS) is 16.8. The Bertz CT molecular complexity index is 1140. The summed E-state index contributed by atoms with van der Waals surface area (Å²) in [7, 11) is 1.68. The molecule has 0 bridgehead atoms. The molecule has 1 saturated heterocycles. The molecule has 172 valence electrons. The van der Waals surface area contributed by atoms with E-state index in [0.29, 0.717) is 6.04 Å². The number of likely N-dealkylation sites (tertiary alicyclic amines) is 1. The topological polar surface area (TPSA) is 75.7 Å². The molecular formula is C26H30N4O3. The Hall–Kier alpha value is -3.16. The van der Waals surface area contributed by atoms with E-state index >= 15 is 0 Å². The van der Waals surface area contributed by atoms with Crippen molar-refractivity contribution in [1.29, 1.82) is 0 Å². The number of nitrogens with zero attached hydrogens (tertiary/aromatic N) is 2. The maximum absolute atomic E-state index is 11.5. The van der Waals surface area contributed by atoms with Crippen LogP contribution in [0.1, 0.15) is 24.0 Å². The lowest BCUT2D eigenvalue weighted by molar-refractivity contribution is -0.118. The molecule has 2 aliphatic rings. The van der Waals surface area contributed by atoms with Crippen molar-refractivity contribution in [3.05, 3.63) is 59.8 Å². The van der Waals surface area contributed by atoms with Crippen molar-refractivity contribution >= 4 is 22.5 Å². The molecule has 2 aliphatic heterocycles. The van der Waals surface area contributed by atoms with E-state index in [2.05, 4.69) is 50.8 Å². The lowest BCUT2D eigenvalue weighted by Gasteiger charge is -2.32. The van der Waals surface area contributed by atoms with Gasteiger partial charge in [-0.1, -0.05) is 18.2 Å². The van der Waals surface area contributed by atoms with Gasteiger partial charge in [0.15, 0.2) is 6.61 Å². The van der Waals surface area contributed by atoms with Gasteiger partial charge in [-0.3, -0.25) is 9.78 Å². The summed E-state index contributed by atoms with van der Waals surface area (Å²) >= 11 is 0. The standard InChI is InChI=1S/C26H30N4O3/c1-32-21-14-22-19(3-2-4-23(22)28-16-21)7-10-30-11-8-20(9-12-30)27-15-18-5-6-25-24(13-18)29-26(31)17-33-25/h2-6,13-14,16,20,27H,7-12,15,17H2,1H3,(H,29,31). The van der Waals surface area contributed by atoms with Crippen LogP contribution in [-0.4, -0.2) is 55.2 Å². The third kappa shape index (κ3) is 5.10. The predicted molar refractivity (Wildman–Crippen MR) is 129 cm³/mol. The molecule has 0 atom stereocenters. The minimum atomic E-state index is -0.0983. The van der Waals surface area contributed by atoms with E-state index in [4.69, 9.17) is 9.47 Å². The monoisotopic (exact) mass is 446 g/mol. The molecule has 1 aromatic heterocycles. The summed E-state index contributed by atoms with van der Waals surface area (Å²) in [6.45, 7) is 4.12. The zero-order valence-electron chi connectivity index (χ0n) is 19.0. The maximum Gasteiger partial charge on any atom is 0.262 e. The zero-order chi connectivity index (χ0) is 22.6. The molecule has 0 radical (unpaired) electrons. The zero-order valence-corrected chi connectivity index (χ0v) is 19.0. The van der Waals surface area contributed by atoms with Crippen molar-refractivity contribution in [3.8, 4) is 11.5 Å². The number of hydrogen-bond acceptors (Lipinski definition) is 6. The quantitative estimate of drug-likeness (QED) is 0.580. The highest BCUT2D eigenvalue weighted by Crippen LogP contribution is 2.28. The highest BCUT2D eigenvalue weighted by atomic mass is 16.5. The largest absolute Gasteiger partial charge is 0.495 e. The molecule has 0 aliphatic carbocycles. The fourth-order valence-electron chi connectivity index (χ4n) is 4.66. The summed E-state index contributed by atoms with van der Waals surface area (Å²) in [6.07, 6.45) is 5.05. The van der Waals surface area contributed by atoms with E-state index in [0.717, 1.165) is 73.7 Å². The SMILES string of the molecule is COc1cnc2cccc(CCN3CCC(NCc4ccc5c(c4)NC(=O)CO5)CC3)c2c1. The molecule has 2 N–H and O–H groups in total. The molecule has 1 fully saturated rings. The Kier molecular flexibility index (Phi) is 6.41. The number of aromatic nitrogens is 1. The average Bonchev–Trinajstić information content (AvgIpc) is 2.86. The van der Waals surface area contributed by atoms with E-state index < -0.39 is 0 Å². The number of carbonyl (C=O) groups is 1. The second kappa shape index (κ2) is 9.77. The number of anilines is 1. The molecule has 3 aromatic rings. The van der Waals surface area contributed by atoms with Crippen LogP contribution in [0, 0.1) is 0 Å². The number of rotatable bonds is 7. The molecule has 0 unspecified atom stereocenters. The van der Waals surface area contributed by atoms with Gasteiger partial charge in [0.05, 0.1) is 24.5 Å². The summed E-state index contributed by atoms with van der Waals surface area (Å²) < 4.78 is 10.8. The van der Waals surface area contributed by atoms with E-state index in [1.54, 1.807) is 13.3 Å². The number of methoxy groups -OCH3 is 1. The van der Waals surface area contributed by atoms with Crippen LogP contribution in [0.3, 0.4) is 0 Å². The molecule has 33 heavy (non-hydrogen) atoms. The molecule has 1 amide bonds. The number of piperidine rings is 1. The number of fused-ring (bicyclic) bond motifs is 2. The van der Waals surface area contributed by atoms with Crippen molar-refractivity contribution in [1.82, 2.24) is 15.2 Å². The van der Waals surface area contributed by atoms with Gasteiger partial charge in [-0.25, -0.2) is 0 Å². The van der Waals surface area contributed by atoms with Gasteiger partial charge < -0.3 is 25.0 Å². The predicted octanol–water partition coefficient (Wildman–Crippen LogP) is 3.37. The van der Waals surface area contributed by atoms with E-state index in [9.17, 15) is 4.79 Å². The summed E-state index contributed by atoms with van der Waals surface area (Å²) in [4.78, 5) is 18.6. The second-order valence-corrected chi connectivity index (χ2v) is 8.77. The van der Waals surface area contributed by atoms with Gasteiger partial charge in [0, 0.05) is 24.5 Å². The first-order chi connectivity index (χ1) is 16.2. The van der Waals surface area contributed by atoms with Gasteiger partial charge in [0.1, 0.15) is 11.5 Å². The van der Waals surface area contributed by atoms with Gasteiger partial charge in [-0.15, -0.1) is 0 Å². The molecule has 0 saturated carbocycles. The number of ether oxygens (including phenoxy) is 2. The number of pyridine rings is 1. The van der Waals surface area contributed by atoms with Crippen LogP contribution >= 0.6 is 0 Å². The van der Waals surface area contributed by atoms with Gasteiger partial charge in [-0.05, 0) is 67.7 Å². The van der Waals surface area contributed by atoms with Crippen molar-refractivity contribution in [3.63, 3.8) is 0 Å². The number of benzene rings is 2. The highest BCUT2D eigenvalue weighted by Gasteiger charge is 2.20. The molecule has 0 spiro atoms. The number of nitrogens with one attached hydrogen (secondary N) is 2. The Labute approximate surface area is 194 Å². The second-order valence-electron chi connectivity index (χ2n) is 8.77. The molecule has 3 heterocycles. The van der Waals surface area contributed by atoms with Gasteiger partial charge in [0.25, 0.3) is 5.91 Å². The first kappa shape index (κ1) is 21.7. The Morgan fingerprint density at radius 3 is 2.94 bits per heavy atom. The molecule has 2 aromatic carbocycles. The first-order valence-corrected chi connectivity index (χ1v) is 11.6. The van der Waals surface area contributed by atoms with Crippen LogP contribution < -0.4 is 20.1 Å². The summed E-state index contributed by atoms with van der Waals surface area (Å²) in [5, 5.41) is 7.75. The highest BCUT2D eigenvalue weighted by molar-refractivity contribution is 5.95. The molecule has 7 nitrogen and oxygen atoms in total. The van der Waals surface area contributed by atoms with E-state index in [1.807, 2.05) is 12.1 Å². The van der Waals surface area contributed by atoms with Crippen LogP contribution in [-0.2, 0) is 17.8 Å². The Morgan fingerprint density at radius 2 is 2.09 bits per heavy atom. The maximum atomic E-state index is 11.5. The van der Waals surface area contributed by atoms with Crippen LogP contribution in [0.4, 0.5) is 5.69 Å². The fourth-order valence-corrected chi connectivity index (χ4v) is 4.66. The third-order valence-electron chi connectivity index (χ3n) is 6.58. The van der Waals surface area contributed by atoms with E-state index in [-0.39, 0.29) is 12.5 Å². The molecular weight excluding hydrogens is 416 g/mol. The molecule has 7 heteroatoms. The van der Waals surface area contributed by atoms with Crippen molar-refractivity contribution in [2.45, 2.75) is 31.8 Å².